The summed E-state index contributed by atoms with van der Waals surface area (Å²) >= 11 is 0. The number of aliphatic carboxylic acids is 1. The number of amides is 1. The lowest BCUT2D eigenvalue weighted by Crippen LogP contribution is -2.49. The minimum Gasteiger partial charge on any atom is -0.480 e. The summed E-state index contributed by atoms with van der Waals surface area (Å²) in [7, 11) is 0. The maximum Gasteiger partial charge on any atom is 0.326 e. The second kappa shape index (κ2) is 7.27. The second-order valence-corrected chi connectivity index (χ2v) is 4.56. The molecule has 98 valence electrons. The molecule has 1 rings (SSSR count). The molecule has 17 heavy (non-hydrogen) atoms. The Bertz CT molecular complexity index is 262. The standard InChI is InChI=1S/C12H22N2O3/c1-2-13-8-10(15)14-11(12(16)17)9-6-4-3-5-7-9/h9,11,13H,2-8H2,1H3,(H,14,15)(H,16,17). The molecular weight excluding hydrogens is 220 g/mol. The quantitative estimate of drug-likeness (QED) is 0.642. The normalized spacial score (nSPS) is 18.6. The van der Waals surface area contributed by atoms with Crippen molar-refractivity contribution >= 4 is 11.9 Å². The van der Waals surface area contributed by atoms with Crippen LogP contribution in [0.2, 0.25) is 0 Å². The van der Waals surface area contributed by atoms with Crippen LogP contribution in [0.4, 0.5) is 0 Å². The maximum absolute atomic E-state index is 11.5. The molecule has 3 N–H and O–H groups in total. The summed E-state index contributed by atoms with van der Waals surface area (Å²) < 4.78 is 0. The van der Waals surface area contributed by atoms with Crippen LogP contribution in [0.3, 0.4) is 0 Å². The van der Waals surface area contributed by atoms with E-state index in [1.54, 1.807) is 0 Å². The Morgan fingerprint density at radius 2 is 1.94 bits per heavy atom. The summed E-state index contributed by atoms with van der Waals surface area (Å²) in [5.74, 6) is -1.06. The monoisotopic (exact) mass is 242 g/mol. The molecule has 1 unspecified atom stereocenters. The van der Waals surface area contributed by atoms with Crippen molar-refractivity contribution in [3.63, 3.8) is 0 Å². The van der Waals surface area contributed by atoms with Crippen LogP contribution in [-0.2, 0) is 9.59 Å². The highest BCUT2D eigenvalue weighted by atomic mass is 16.4. The van der Waals surface area contributed by atoms with Gasteiger partial charge in [-0.05, 0) is 25.3 Å². The van der Waals surface area contributed by atoms with E-state index >= 15 is 0 Å². The second-order valence-electron chi connectivity index (χ2n) is 4.56. The van der Waals surface area contributed by atoms with Crippen molar-refractivity contribution in [1.82, 2.24) is 10.6 Å². The zero-order chi connectivity index (χ0) is 12.7. The lowest BCUT2D eigenvalue weighted by atomic mass is 9.84. The summed E-state index contributed by atoms with van der Waals surface area (Å²) in [5, 5.41) is 14.7. The van der Waals surface area contributed by atoms with Crippen LogP contribution in [-0.4, -0.2) is 36.1 Å². The third kappa shape index (κ3) is 4.73. The first-order chi connectivity index (χ1) is 8.15. The van der Waals surface area contributed by atoms with Gasteiger partial charge in [0.25, 0.3) is 0 Å². The minimum absolute atomic E-state index is 0.0897. The van der Waals surface area contributed by atoms with Crippen molar-refractivity contribution in [1.29, 1.82) is 0 Å². The summed E-state index contributed by atoms with van der Waals surface area (Å²) in [6.45, 7) is 2.80. The van der Waals surface area contributed by atoms with Gasteiger partial charge in [0, 0.05) is 0 Å². The van der Waals surface area contributed by atoms with Crippen LogP contribution in [0.1, 0.15) is 39.0 Å². The van der Waals surface area contributed by atoms with E-state index in [0.717, 1.165) is 25.7 Å². The van der Waals surface area contributed by atoms with Gasteiger partial charge in [-0.1, -0.05) is 26.2 Å². The molecule has 0 radical (unpaired) electrons. The van der Waals surface area contributed by atoms with Crippen molar-refractivity contribution in [2.75, 3.05) is 13.1 Å². The zero-order valence-corrected chi connectivity index (χ0v) is 10.4. The van der Waals surface area contributed by atoms with Gasteiger partial charge in [-0.3, -0.25) is 4.79 Å². The predicted molar refractivity (Wildman–Crippen MR) is 64.7 cm³/mol. The first-order valence-corrected chi connectivity index (χ1v) is 6.38. The third-order valence-corrected chi connectivity index (χ3v) is 3.24. The molecule has 5 nitrogen and oxygen atoms in total. The van der Waals surface area contributed by atoms with E-state index in [-0.39, 0.29) is 18.4 Å². The van der Waals surface area contributed by atoms with Gasteiger partial charge < -0.3 is 15.7 Å². The molecule has 0 aromatic heterocycles. The average molecular weight is 242 g/mol. The highest BCUT2D eigenvalue weighted by molar-refractivity contribution is 5.84. The van der Waals surface area contributed by atoms with Crippen LogP contribution >= 0.6 is 0 Å². The van der Waals surface area contributed by atoms with Gasteiger partial charge in [0.1, 0.15) is 6.04 Å². The van der Waals surface area contributed by atoms with Gasteiger partial charge in [0.15, 0.2) is 0 Å². The Hall–Kier alpha value is -1.10. The van der Waals surface area contributed by atoms with Gasteiger partial charge in [-0.15, -0.1) is 0 Å². The number of likely N-dealkylation sites (N-methyl/N-ethyl adjacent to an activating group) is 1. The predicted octanol–water partition coefficient (Wildman–Crippen LogP) is 0.746. The fraction of sp³-hybridized carbons (Fsp3) is 0.833. The smallest absolute Gasteiger partial charge is 0.326 e. The fourth-order valence-electron chi connectivity index (χ4n) is 2.31. The van der Waals surface area contributed by atoms with Gasteiger partial charge in [0.05, 0.1) is 6.54 Å². The Labute approximate surface area is 102 Å². The van der Waals surface area contributed by atoms with Crippen LogP contribution < -0.4 is 10.6 Å². The molecule has 1 atom stereocenters. The first-order valence-electron chi connectivity index (χ1n) is 6.38. The van der Waals surface area contributed by atoms with Crippen molar-refractivity contribution in [2.24, 2.45) is 5.92 Å². The van der Waals surface area contributed by atoms with Crippen LogP contribution in [0, 0.1) is 5.92 Å². The first kappa shape index (κ1) is 14.0. The van der Waals surface area contributed by atoms with E-state index < -0.39 is 12.0 Å². The van der Waals surface area contributed by atoms with E-state index in [0.29, 0.717) is 6.54 Å². The number of carbonyl (C=O) groups is 2. The molecule has 1 fully saturated rings. The number of carboxylic acid groups (broad SMARTS) is 1. The fourth-order valence-corrected chi connectivity index (χ4v) is 2.31. The Kier molecular flexibility index (Phi) is 5.97. The zero-order valence-electron chi connectivity index (χ0n) is 10.4. The Morgan fingerprint density at radius 1 is 1.29 bits per heavy atom. The molecule has 0 aromatic carbocycles. The molecule has 1 aliphatic rings. The number of nitrogens with one attached hydrogen (secondary N) is 2. The summed E-state index contributed by atoms with van der Waals surface area (Å²) in [6.07, 6.45) is 5.11. The van der Waals surface area contributed by atoms with E-state index in [9.17, 15) is 9.59 Å². The molecular formula is C12H22N2O3. The summed E-state index contributed by atoms with van der Waals surface area (Å²) in [5.41, 5.74) is 0. The molecule has 1 aliphatic carbocycles. The molecule has 1 amide bonds. The number of carboxylic acids is 1. The van der Waals surface area contributed by atoms with Crippen molar-refractivity contribution in [3.8, 4) is 0 Å². The minimum atomic E-state index is -0.915. The summed E-state index contributed by atoms with van der Waals surface area (Å²) in [6, 6.07) is -0.721. The average Bonchev–Trinajstić information content (AvgIpc) is 2.34. The Balaban J connectivity index is 2.47. The van der Waals surface area contributed by atoms with Gasteiger partial charge in [0.2, 0.25) is 5.91 Å². The summed E-state index contributed by atoms with van der Waals surface area (Å²) in [4.78, 5) is 22.7. The molecule has 1 saturated carbocycles. The van der Waals surface area contributed by atoms with Crippen molar-refractivity contribution in [3.05, 3.63) is 0 Å². The van der Waals surface area contributed by atoms with Gasteiger partial charge in [-0.25, -0.2) is 4.79 Å². The van der Waals surface area contributed by atoms with E-state index in [4.69, 9.17) is 5.11 Å². The van der Waals surface area contributed by atoms with Crippen molar-refractivity contribution < 1.29 is 14.7 Å². The third-order valence-electron chi connectivity index (χ3n) is 3.24. The van der Waals surface area contributed by atoms with Crippen LogP contribution in [0.15, 0.2) is 0 Å². The number of hydrogen-bond acceptors (Lipinski definition) is 3. The Morgan fingerprint density at radius 3 is 2.47 bits per heavy atom. The lowest BCUT2D eigenvalue weighted by molar-refractivity contribution is -0.143. The number of rotatable bonds is 6. The van der Waals surface area contributed by atoms with Crippen LogP contribution in [0.5, 0.6) is 0 Å². The topological polar surface area (TPSA) is 78.4 Å². The van der Waals surface area contributed by atoms with E-state index in [1.807, 2.05) is 6.92 Å². The largest absolute Gasteiger partial charge is 0.480 e. The molecule has 0 saturated heterocycles. The van der Waals surface area contributed by atoms with Gasteiger partial charge >= 0.3 is 5.97 Å². The van der Waals surface area contributed by atoms with Crippen molar-refractivity contribution in [2.45, 2.75) is 45.1 Å². The SMILES string of the molecule is CCNCC(=O)NC(C(=O)O)C1CCCCC1. The highest BCUT2D eigenvalue weighted by Gasteiger charge is 2.30. The maximum atomic E-state index is 11.5. The van der Waals surface area contributed by atoms with E-state index in [1.165, 1.54) is 6.42 Å². The molecule has 0 aromatic rings. The highest BCUT2D eigenvalue weighted by Crippen LogP contribution is 2.26. The van der Waals surface area contributed by atoms with Crippen LogP contribution in [0.25, 0.3) is 0 Å². The molecule has 0 heterocycles. The number of hydrogen-bond donors (Lipinski definition) is 3. The molecule has 0 aliphatic heterocycles. The molecule has 5 heteroatoms. The van der Waals surface area contributed by atoms with Gasteiger partial charge in [-0.2, -0.15) is 0 Å². The lowest BCUT2D eigenvalue weighted by Gasteiger charge is -2.28. The number of carbonyl (C=O) groups excluding carboxylic acids is 1. The van der Waals surface area contributed by atoms with E-state index in [2.05, 4.69) is 10.6 Å². The molecule has 0 spiro atoms. The molecule has 0 bridgehead atoms.